The van der Waals surface area contributed by atoms with Crippen molar-refractivity contribution in [3.05, 3.63) is 77.0 Å². The first-order chi connectivity index (χ1) is 10.7. The van der Waals surface area contributed by atoms with Gasteiger partial charge in [-0.05, 0) is 18.2 Å². The summed E-state index contributed by atoms with van der Waals surface area (Å²) >= 11 is 0. The molecule has 0 atom stereocenters. The molecule has 5 heteroatoms. The standard InChI is InChI=1S/C17H9NO4/c19-16-12-9-5-4-8-11(12)14(21-16)13-17(20)22-15(18-13)10-6-2-1-3-7-10/h1-9H/b14-13+. The molecule has 22 heavy (non-hydrogen) atoms. The van der Waals surface area contributed by atoms with Crippen LogP contribution >= 0.6 is 0 Å². The molecule has 0 radical (unpaired) electrons. The van der Waals surface area contributed by atoms with Crippen LogP contribution in [-0.4, -0.2) is 17.8 Å². The average Bonchev–Trinajstić information content (AvgIpc) is 3.09. The van der Waals surface area contributed by atoms with Crippen LogP contribution < -0.4 is 0 Å². The first-order valence-electron chi connectivity index (χ1n) is 6.66. The maximum absolute atomic E-state index is 12.1. The first-order valence-corrected chi connectivity index (χ1v) is 6.66. The van der Waals surface area contributed by atoms with Gasteiger partial charge >= 0.3 is 11.9 Å². The fraction of sp³-hybridized carbons (Fsp3) is 0. The van der Waals surface area contributed by atoms with E-state index in [-0.39, 0.29) is 17.4 Å². The highest BCUT2D eigenvalue weighted by Gasteiger charge is 2.35. The van der Waals surface area contributed by atoms with E-state index in [0.29, 0.717) is 16.7 Å². The van der Waals surface area contributed by atoms with Gasteiger partial charge in [-0.3, -0.25) is 0 Å². The van der Waals surface area contributed by atoms with Crippen LogP contribution in [0.2, 0.25) is 0 Å². The van der Waals surface area contributed by atoms with E-state index < -0.39 is 11.9 Å². The van der Waals surface area contributed by atoms with Crippen LogP contribution in [-0.2, 0) is 14.3 Å². The van der Waals surface area contributed by atoms with E-state index in [1.807, 2.05) is 18.2 Å². The summed E-state index contributed by atoms with van der Waals surface area (Å²) in [7, 11) is 0. The van der Waals surface area contributed by atoms with Gasteiger partial charge < -0.3 is 9.47 Å². The molecule has 0 aliphatic carbocycles. The Kier molecular flexibility index (Phi) is 2.66. The summed E-state index contributed by atoms with van der Waals surface area (Å²) in [6, 6.07) is 15.9. The number of hydrogen-bond acceptors (Lipinski definition) is 5. The maximum atomic E-state index is 12.1. The van der Waals surface area contributed by atoms with Gasteiger partial charge in [0.25, 0.3) is 0 Å². The molecule has 2 heterocycles. The van der Waals surface area contributed by atoms with Crippen molar-refractivity contribution in [1.29, 1.82) is 0 Å². The molecule has 4 rings (SSSR count). The molecule has 0 saturated carbocycles. The lowest BCUT2D eigenvalue weighted by atomic mass is 10.1. The molecule has 0 aromatic heterocycles. The van der Waals surface area contributed by atoms with Crippen molar-refractivity contribution in [3.63, 3.8) is 0 Å². The van der Waals surface area contributed by atoms with E-state index in [9.17, 15) is 9.59 Å². The molecule has 2 aromatic rings. The summed E-state index contributed by atoms with van der Waals surface area (Å²) < 4.78 is 10.4. The van der Waals surface area contributed by atoms with Crippen LogP contribution in [0.25, 0.3) is 5.76 Å². The Morgan fingerprint density at radius 2 is 1.41 bits per heavy atom. The summed E-state index contributed by atoms with van der Waals surface area (Å²) in [6.07, 6.45) is 0. The molecule has 0 unspecified atom stereocenters. The molecule has 106 valence electrons. The topological polar surface area (TPSA) is 65.0 Å². The van der Waals surface area contributed by atoms with Crippen LogP contribution in [0, 0.1) is 0 Å². The molecular weight excluding hydrogens is 282 g/mol. The number of hydrogen-bond donors (Lipinski definition) is 0. The number of carbonyl (C=O) groups excluding carboxylic acids is 2. The highest BCUT2D eigenvalue weighted by atomic mass is 16.6. The van der Waals surface area contributed by atoms with Crippen molar-refractivity contribution in [1.82, 2.24) is 0 Å². The molecule has 5 nitrogen and oxygen atoms in total. The fourth-order valence-corrected chi connectivity index (χ4v) is 2.39. The van der Waals surface area contributed by atoms with Crippen LogP contribution in [0.5, 0.6) is 0 Å². The summed E-state index contributed by atoms with van der Waals surface area (Å²) in [5.41, 5.74) is 1.67. The van der Waals surface area contributed by atoms with Crippen molar-refractivity contribution in [2.75, 3.05) is 0 Å². The van der Waals surface area contributed by atoms with Crippen LogP contribution in [0.15, 0.2) is 65.3 Å². The molecule has 2 aromatic carbocycles. The predicted octanol–water partition coefficient (Wildman–Crippen LogP) is 2.53. The molecule has 0 bridgehead atoms. The smallest absolute Gasteiger partial charge is 0.367 e. The average molecular weight is 291 g/mol. The summed E-state index contributed by atoms with van der Waals surface area (Å²) in [5, 5.41) is 0. The van der Waals surface area contributed by atoms with Crippen molar-refractivity contribution in [2.24, 2.45) is 4.99 Å². The molecule has 0 N–H and O–H groups in total. The third kappa shape index (κ3) is 1.83. The Bertz CT molecular complexity index is 865. The number of fused-ring (bicyclic) bond motifs is 1. The van der Waals surface area contributed by atoms with Crippen LogP contribution in [0.4, 0.5) is 0 Å². The third-order valence-corrected chi connectivity index (χ3v) is 3.42. The van der Waals surface area contributed by atoms with E-state index in [1.165, 1.54) is 0 Å². The van der Waals surface area contributed by atoms with E-state index in [0.717, 1.165) is 0 Å². The molecule has 0 spiro atoms. The van der Waals surface area contributed by atoms with Crippen LogP contribution in [0.3, 0.4) is 0 Å². The van der Waals surface area contributed by atoms with E-state index in [2.05, 4.69) is 4.99 Å². The summed E-state index contributed by atoms with van der Waals surface area (Å²) in [5.74, 6) is -0.766. The second-order valence-electron chi connectivity index (χ2n) is 4.79. The SMILES string of the molecule is O=C1OC(c2ccccc2)=N/C1=C1/OC(=O)c2ccccc21. The van der Waals surface area contributed by atoms with Gasteiger partial charge in [-0.25, -0.2) is 14.6 Å². The van der Waals surface area contributed by atoms with Crippen molar-refractivity contribution in [2.45, 2.75) is 0 Å². The zero-order chi connectivity index (χ0) is 15.1. The van der Waals surface area contributed by atoms with Crippen molar-refractivity contribution < 1.29 is 19.1 Å². The van der Waals surface area contributed by atoms with Gasteiger partial charge in [0.05, 0.1) is 5.56 Å². The molecule has 2 aliphatic rings. The number of nitrogens with zero attached hydrogens (tertiary/aromatic N) is 1. The highest BCUT2D eigenvalue weighted by Crippen LogP contribution is 2.34. The number of ether oxygens (including phenoxy) is 2. The second-order valence-corrected chi connectivity index (χ2v) is 4.79. The monoisotopic (exact) mass is 291 g/mol. The first kappa shape index (κ1) is 12.5. The minimum absolute atomic E-state index is 0.0113. The number of aliphatic imine (C=N–C) groups is 1. The lowest BCUT2D eigenvalue weighted by molar-refractivity contribution is -0.130. The summed E-state index contributed by atoms with van der Waals surface area (Å²) in [6.45, 7) is 0. The van der Waals surface area contributed by atoms with Gasteiger partial charge in [-0.2, -0.15) is 0 Å². The third-order valence-electron chi connectivity index (χ3n) is 3.42. The lowest BCUT2D eigenvalue weighted by Gasteiger charge is -1.98. The Hall–Kier alpha value is -3.21. The fourth-order valence-electron chi connectivity index (χ4n) is 2.39. The molecular formula is C17H9NO4. The minimum Gasteiger partial charge on any atom is -0.420 e. The van der Waals surface area contributed by atoms with E-state index in [4.69, 9.17) is 9.47 Å². The maximum Gasteiger partial charge on any atom is 0.367 e. The zero-order valence-corrected chi connectivity index (χ0v) is 11.3. The second kappa shape index (κ2) is 4.66. The van der Waals surface area contributed by atoms with Gasteiger partial charge in [0, 0.05) is 11.1 Å². The van der Waals surface area contributed by atoms with Crippen molar-refractivity contribution >= 4 is 23.6 Å². The molecule has 0 amide bonds. The number of rotatable bonds is 1. The normalized spacial score (nSPS) is 19.5. The van der Waals surface area contributed by atoms with Gasteiger partial charge in [-0.1, -0.05) is 36.4 Å². The van der Waals surface area contributed by atoms with E-state index >= 15 is 0 Å². The van der Waals surface area contributed by atoms with E-state index in [1.54, 1.807) is 36.4 Å². The Morgan fingerprint density at radius 1 is 0.727 bits per heavy atom. The highest BCUT2D eigenvalue weighted by molar-refractivity contribution is 6.16. The van der Waals surface area contributed by atoms with Crippen molar-refractivity contribution in [3.8, 4) is 0 Å². The lowest BCUT2D eigenvalue weighted by Crippen LogP contribution is -2.06. The Morgan fingerprint density at radius 3 is 2.18 bits per heavy atom. The number of carbonyl (C=O) groups is 2. The predicted molar refractivity (Wildman–Crippen MR) is 77.8 cm³/mol. The van der Waals surface area contributed by atoms with Gasteiger partial charge in [0.1, 0.15) is 0 Å². The Labute approximate surface area is 125 Å². The summed E-state index contributed by atoms with van der Waals surface area (Å²) in [4.78, 5) is 28.1. The minimum atomic E-state index is -0.627. The zero-order valence-electron chi connectivity index (χ0n) is 11.3. The largest absolute Gasteiger partial charge is 0.420 e. The van der Waals surface area contributed by atoms with Crippen LogP contribution in [0.1, 0.15) is 21.5 Å². The number of cyclic esters (lactones) is 2. The molecule has 0 fully saturated rings. The number of benzene rings is 2. The Balaban J connectivity index is 1.85. The van der Waals surface area contributed by atoms with Gasteiger partial charge in [0.15, 0.2) is 11.5 Å². The number of esters is 2. The van der Waals surface area contributed by atoms with Gasteiger partial charge in [-0.15, -0.1) is 0 Å². The quantitative estimate of drug-likeness (QED) is 0.598. The van der Waals surface area contributed by atoms with Gasteiger partial charge in [0.2, 0.25) is 5.90 Å². The molecule has 2 aliphatic heterocycles. The molecule has 0 saturated heterocycles.